The van der Waals surface area contributed by atoms with Crippen LogP contribution in [0.1, 0.15) is 19.4 Å². The van der Waals surface area contributed by atoms with Crippen LogP contribution in [0.5, 0.6) is 0 Å². The summed E-state index contributed by atoms with van der Waals surface area (Å²) in [5.41, 5.74) is 2.91. The van der Waals surface area contributed by atoms with Gasteiger partial charge in [0.1, 0.15) is 0 Å². The van der Waals surface area contributed by atoms with E-state index in [2.05, 4.69) is 4.98 Å². The van der Waals surface area contributed by atoms with Crippen molar-refractivity contribution in [1.29, 1.82) is 0 Å². The van der Waals surface area contributed by atoms with Crippen molar-refractivity contribution in [3.63, 3.8) is 0 Å². The van der Waals surface area contributed by atoms with Gasteiger partial charge in [-0.15, -0.1) is 11.3 Å². The van der Waals surface area contributed by atoms with E-state index in [4.69, 9.17) is 0 Å². The first-order valence-electron chi connectivity index (χ1n) is 4.13. The van der Waals surface area contributed by atoms with Crippen molar-refractivity contribution >= 4 is 21.6 Å². The smallest absolute Gasteiger partial charge is 0.0841 e. The fourth-order valence-corrected chi connectivity index (χ4v) is 1.90. The van der Waals surface area contributed by atoms with Gasteiger partial charge in [-0.1, -0.05) is 6.07 Å². The Kier molecular flexibility index (Phi) is 1.86. The van der Waals surface area contributed by atoms with E-state index >= 15 is 0 Å². The largest absolute Gasteiger partial charge is 0.386 e. The summed E-state index contributed by atoms with van der Waals surface area (Å²) in [5, 5.41) is 9.76. The lowest BCUT2D eigenvalue weighted by Gasteiger charge is -2.17. The maximum absolute atomic E-state index is 9.76. The number of nitrogens with zero attached hydrogens (tertiary/aromatic N) is 1. The molecule has 1 N–H and O–H groups in total. The van der Waals surface area contributed by atoms with Crippen LogP contribution in [0.25, 0.3) is 10.2 Å². The second kappa shape index (κ2) is 2.79. The molecule has 0 atom stereocenters. The molecule has 1 aromatic heterocycles. The van der Waals surface area contributed by atoms with Crippen LogP contribution in [0.3, 0.4) is 0 Å². The Morgan fingerprint density at radius 1 is 1.38 bits per heavy atom. The van der Waals surface area contributed by atoms with Gasteiger partial charge in [-0.2, -0.15) is 0 Å². The number of benzene rings is 1. The lowest BCUT2D eigenvalue weighted by Crippen LogP contribution is -2.14. The second-order valence-corrected chi connectivity index (χ2v) is 4.48. The lowest BCUT2D eigenvalue weighted by atomic mass is 9.98. The van der Waals surface area contributed by atoms with Gasteiger partial charge in [-0.05, 0) is 31.5 Å². The van der Waals surface area contributed by atoms with Crippen molar-refractivity contribution in [1.82, 2.24) is 4.98 Å². The van der Waals surface area contributed by atoms with E-state index in [9.17, 15) is 5.11 Å². The highest BCUT2D eigenvalue weighted by Gasteiger charge is 2.16. The zero-order valence-corrected chi connectivity index (χ0v) is 8.43. The Labute approximate surface area is 80.9 Å². The molecule has 68 valence electrons. The number of hydrogen-bond acceptors (Lipinski definition) is 3. The fraction of sp³-hybridized carbons (Fsp3) is 0.300. The topological polar surface area (TPSA) is 33.1 Å². The predicted molar refractivity (Wildman–Crippen MR) is 54.9 cm³/mol. The summed E-state index contributed by atoms with van der Waals surface area (Å²) in [7, 11) is 0. The molecule has 0 spiro atoms. The molecule has 0 unspecified atom stereocenters. The van der Waals surface area contributed by atoms with Gasteiger partial charge in [0.05, 0.1) is 21.3 Å². The summed E-state index contributed by atoms with van der Waals surface area (Å²) in [5.74, 6) is 0. The minimum atomic E-state index is -0.780. The maximum atomic E-state index is 9.76. The highest BCUT2D eigenvalue weighted by atomic mass is 32.1. The van der Waals surface area contributed by atoms with E-state index in [0.29, 0.717) is 0 Å². The van der Waals surface area contributed by atoms with Gasteiger partial charge >= 0.3 is 0 Å². The van der Waals surface area contributed by atoms with Crippen LogP contribution in [0.4, 0.5) is 0 Å². The quantitative estimate of drug-likeness (QED) is 0.755. The molecule has 2 nitrogen and oxygen atoms in total. The molecule has 0 radical (unpaired) electrons. The SMILES string of the molecule is CC(C)(O)c1ccc2scnc2c1. The molecule has 0 aliphatic rings. The third-order valence-electron chi connectivity index (χ3n) is 2.04. The van der Waals surface area contributed by atoms with Crippen LogP contribution in [0.15, 0.2) is 23.7 Å². The summed E-state index contributed by atoms with van der Waals surface area (Å²) < 4.78 is 1.16. The first-order valence-corrected chi connectivity index (χ1v) is 5.01. The zero-order chi connectivity index (χ0) is 9.47. The molecule has 2 rings (SSSR count). The molecule has 2 aromatic rings. The monoisotopic (exact) mass is 193 g/mol. The van der Waals surface area contributed by atoms with Crippen molar-refractivity contribution < 1.29 is 5.11 Å². The predicted octanol–water partition coefficient (Wildman–Crippen LogP) is 2.52. The molecule has 0 fully saturated rings. The third-order valence-corrected chi connectivity index (χ3v) is 2.85. The summed E-state index contributed by atoms with van der Waals surface area (Å²) in [6, 6.07) is 5.88. The van der Waals surface area contributed by atoms with E-state index < -0.39 is 5.60 Å². The Balaban J connectivity index is 2.61. The molecule has 0 saturated carbocycles. The number of hydrogen-bond donors (Lipinski definition) is 1. The molecule has 0 aliphatic carbocycles. The Morgan fingerprint density at radius 2 is 2.15 bits per heavy atom. The van der Waals surface area contributed by atoms with E-state index in [-0.39, 0.29) is 0 Å². The molecule has 0 amide bonds. The molecule has 13 heavy (non-hydrogen) atoms. The maximum Gasteiger partial charge on any atom is 0.0841 e. The van der Waals surface area contributed by atoms with E-state index in [1.54, 1.807) is 25.2 Å². The number of rotatable bonds is 1. The van der Waals surface area contributed by atoms with Gasteiger partial charge in [0.25, 0.3) is 0 Å². The van der Waals surface area contributed by atoms with Crippen LogP contribution >= 0.6 is 11.3 Å². The molecular formula is C10H11NOS. The van der Waals surface area contributed by atoms with Crippen molar-refractivity contribution in [2.45, 2.75) is 19.4 Å². The molecule has 1 aromatic carbocycles. The molecular weight excluding hydrogens is 182 g/mol. The normalized spacial score (nSPS) is 12.2. The summed E-state index contributed by atoms with van der Waals surface area (Å²) in [4.78, 5) is 4.20. The van der Waals surface area contributed by atoms with Gasteiger partial charge in [0.15, 0.2) is 0 Å². The highest BCUT2D eigenvalue weighted by molar-refractivity contribution is 7.16. The summed E-state index contributed by atoms with van der Waals surface area (Å²) in [6.07, 6.45) is 0. The Hall–Kier alpha value is -0.930. The van der Waals surface area contributed by atoms with Gasteiger partial charge in [0, 0.05) is 0 Å². The molecule has 0 bridgehead atoms. The molecule has 0 saturated heterocycles. The number of aromatic nitrogens is 1. The van der Waals surface area contributed by atoms with E-state index in [1.165, 1.54) is 0 Å². The van der Waals surface area contributed by atoms with Crippen LogP contribution in [0.2, 0.25) is 0 Å². The zero-order valence-electron chi connectivity index (χ0n) is 7.61. The minimum Gasteiger partial charge on any atom is -0.386 e. The average molecular weight is 193 g/mol. The van der Waals surface area contributed by atoms with Crippen molar-refractivity contribution in [3.8, 4) is 0 Å². The molecule has 3 heteroatoms. The second-order valence-electron chi connectivity index (χ2n) is 3.59. The standard InChI is InChI=1S/C10H11NOS/c1-10(2,12)7-3-4-9-8(5-7)11-6-13-9/h3-6,12H,1-2H3. The minimum absolute atomic E-state index is 0.780. The van der Waals surface area contributed by atoms with Crippen molar-refractivity contribution in [3.05, 3.63) is 29.3 Å². The fourth-order valence-electron chi connectivity index (χ4n) is 1.24. The highest BCUT2D eigenvalue weighted by Crippen LogP contribution is 2.25. The average Bonchev–Trinajstić information content (AvgIpc) is 2.47. The number of fused-ring (bicyclic) bond motifs is 1. The van der Waals surface area contributed by atoms with E-state index in [0.717, 1.165) is 15.8 Å². The van der Waals surface area contributed by atoms with E-state index in [1.807, 2.05) is 23.7 Å². The van der Waals surface area contributed by atoms with Gasteiger partial charge in [-0.3, -0.25) is 0 Å². The van der Waals surface area contributed by atoms with Crippen molar-refractivity contribution in [2.75, 3.05) is 0 Å². The number of aliphatic hydroxyl groups is 1. The lowest BCUT2D eigenvalue weighted by molar-refractivity contribution is 0.0787. The summed E-state index contributed by atoms with van der Waals surface area (Å²) in [6.45, 7) is 3.56. The van der Waals surface area contributed by atoms with Crippen LogP contribution in [-0.4, -0.2) is 10.1 Å². The van der Waals surface area contributed by atoms with Crippen LogP contribution in [0, 0.1) is 0 Å². The summed E-state index contributed by atoms with van der Waals surface area (Å²) >= 11 is 1.61. The van der Waals surface area contributed by atoms with Crippen LogP contribution in [-0.2, 0) is 5.60 Å². The first kappa shape index (κ1) is 8.66. The van der Waals surface area contributed by atoms with Gasteiger partial charge in [-0.25, -0.2) is 4.98 Å². The molecule has 1 heterocycles. The molecule has 0 aliphatic heterocycles. The van der Waals surface area contributed by atoms with Crippen LogP contribution < -0.4 is 0 Å². The van der Waals surface area contributed by atoms with Gasteiger partial charge < -0.3 is 5.11 Å². The first-order chi connectivity index (χ1) is 6.07. The number of thiazole rings is 1. The Morgan fingerprint density at radius 3 is 2.85 bits per heavy atom. The van der Waals surface area contributed by atoms with Gasteiger partial charge in [0.2, 0.25) is 0 Å². The van der Waals surface area contributed by atoms with Crippen molar-refractivity contribution in [2.24, 2.45) is 0 Å². The Bertz CT molecular complexity index is 428. The third kappa shape index (κ3) is 1.57.